The fraction of sp³-hybridized carbons (Fsp3) is 0.700. The van der Waals surface area contributed by atoms with E-state index in [-0.39, 0.29) is 0 Å². The number of unbranched alkanes of at least 4 members (excludes halogenated alkanes) is 1. The monoisotopic (exact) mass is 276 g/mol. The zero-order chi connectivity index (χ0) is 15.4. The Kier molecular flexibility index (Phi) is 10.5. The van der Waals surface area contributed by atoms with E-state index in [1.807, 2.05) is 0 Å². The quantitative estimate of drug-likeness (QED) is 0.295. The van der Waals surface area contributed by atoms with Crippen molar-refractivity contribution < 1.29 is 0 Å². The van der Waals surface area contributed by atoms with Crippen LogP contribution in [0.5, 0.6) is 0 Å². The molecule has 0 aromatic carbocycles. The van der Waals surface area contributed by atoms with Crippen LogP contribution in [0.1, 0.15) is 80.1 Å². The molecule has 0 aromatic rings. The summed E-state index contributed by atoms with van der Waals surface area (Å²) in [6.45, 7) is 13.8. The summed E-state index contributed by atoms with van der Waals surface area (Å²) in [7, 11) is 0. The molecular weight excluding hydrogens is 240 g/mol. The number of hydrogen-bond donors (Lipinski definition) is 0. The predicted molar refractivity (Wildman–Crippen MR) is 94.0 cm³/mol. The molecule has 0 aliphatic rings. The van der Waals surface area contributed by atoms with E-state index in [1.54, 1.807) is 0 Å². The van der Waals surface area contributed by atoms with E-state index >= 15 is 0 Å². The molecule has 0 fully saturated rings. The lowest BCUT2D eigenvalue weighted by atomic mass is 9.77. The van der Waals surface area contributed by atoms with Crippen LogP contribution >= 0.6 is 0 Å². The Morgan fingerprint density at radius 2 is 1.85 bits per heavy atom. The van der Waals surface area contributed by atoms with Gasteiger partial charge in [-0.1, -0.05) is 77.8 Å². The molecule has 0 aliphatic heterocycles. The maximum Gasteiger partial charge on any atom is -0.0107 e. The van der Waals surface area contributed by atoms with Crippen LogP contribution in [-0.4, -0.2) is 0 Å². The van der Waals surface area contributed by atoms with Crippen LogP contribution in [0.15, 0.2) is 36.0 Å². The smallest absolute Gasteiger partial charge is 0.0107 e. The first-order valence-electron chi connectivity index (χ1n) is 8.46. The van der Waals surface area contributed by atoms with E-state index in [4.69, 9.17) is 0 Å². The van der Waals surface area contributed by atoms with Crippen LogP contribution in [0, 0.1) is 11.3 Å². The third kappa shape index (κ3) is 8.40. The molecule has 0 radical (unpaired) electrons. The molecule has 0 amide bonds. The largest absolute Gasteiger partial charge is 0.0914 e. The maximum atomic E-state index is 2.45. The van der Waals surface area contributed by atoms with Crippen molar-refractivity contribution in [2.75, 3.05) is 0 Å². The lowest BCUT2D eigenvalue weighted by Gasteiger charge is -2.28. The minimum atomic E-state index is 0.297. The summed E-state index contributed by atoms with van der Waals surface area (Å²) in [4.78, 5) is 0. The van der Waals surface area contributed by atoms with Crippen LogP contribution < -0.4 is 0 Å². The molecule has 0 bridgehead atoms. The highest BCUT2D eigenvalue weighted by molar-refractivity contribution is 5.26. The van der Waals surface area contributed by atoms with Gasteiger partial charge in [-0.25, -0.2) is 0 Å². The lowest BCUT2D eigenvalue weighted by Crippen LogP contribution is -2.15. The summed E-state index contributed by atoms with van der Waals surface area (Å²) in [5, 5.41) is 0. The molecule has 20 heavy (non-hydrogen) atoms. The molecule has 0 rings (SSSR count). The van der Waals surface area contributed by atoms with E-state index in [9.17, 15) is 0 Å². The minimum Gasteiger partial charge on any atom is -0.0914 e. The Morgan fingerprint density at radius 1 is 1.15 bits per heavy atom. The number of hydrogen-bond acceptors (Lipinski definition) is 0. The van der Waals surface area contributed by atoms with Gasteiger partial charge in [0.25, 0.3) is 0 Å². The van der Waals surface area contributed by atoms with Crippen molar-refractivity contribution in [3.63, 3.8) is 0 Å². The third-order valence-corrected chi connectivity index (χ3v) is 4.20. The molecule has 0 N–H and O–H groups in total. The summed E-state index contributed by atoms with van der Waals surface area (Å²) in [6.07, 6.45) is 18.8. The lowest BCUT2D eigenvalue weighted by molar-refractivity contribution is 0.353. The first-order chi connectivity index (χ1) is 9.47. The standard InChI is InChI=1S/C20H36/c1-7-10-12-13-15-19(14-11-8-2)20(5,6)17-16-18(4)9-3/h7,10,13-15,18H,8-9,11-12,16-17H2,1-6H3. The summed E-state index contributed by atoms with van der Waals surface area (Å²) in [5.74, 6) is 0.841. The minimum absolute atomic E-state index is 0.297. The maximum absolute atomic E-state index is 2.45. The van der Waals surface area contributed by atoms with Crippen LogP contribution in [0.4, 0.5) is 0 Å². The van der Waals surface area contributed by atoms with Crippen LogP contribution in [0.25, 0.3) is 0 Å². The first kappa shape index (κ1) is 19.2. The normalized spacial score (nSPS) is 15.4. The van der Waals surface area contributed by atoms with Crippen molar-refractivity contribution in [1.29, 1.82) is 0 Å². The van der Waals surface area contributed by atoms with E-state index in [0.717, 1.165) is 12.3 Å². The highest BCUT2D eigenvalue weighted by Gasteiger charge is 2.21. The summed E-state index contributed by atoms with van der Waals surface area (Å²) >= 11 is 0. The molecular formula is C20H36. The fourth-order valence-electron chi connectivity index (χ4n) is 2.24. The van der Waals surface area contributed by atoms with Gasteiger partial charge in [-0.05, 0) is 49.5 Å². The first-order valence-corrected chi connectivity index (χ1v) is 8.46. The van der Waals surface area contributed by atoms with E-state index < -0.39 is 0 Å². The molecule has 0 aliphatic carbocycles. The van der Waals surface area contributed by atoms with Crippen molar-refractivity contribution >= 4 is 0 Å². The second-order valence-electron chi connectivity index (χ2n) is 6.59. The average Bonchev–Trinajstić information content (AvgIpc) is 2.43. The Bertz CT molecular complexity index is 315. The van der Waals surface area contributed by atoms with Gasteiger partial charge in [0.1, 0.15) is 0 Å². The van der Waals surface area contributed by atoms with Gasteiger partial charge in [0, 0.05) is 0 Å². The second kappa shape index (κ2) is 10.9. The highest BCUT2D eigenvalue weighted by atomic mass is 14.3. The molecule has 1 atom stereocenters. The van der Waals surface area contributed by atoms with Gasteiger partial charge in [0.2, 0.25) is 0 Å². The van der Waals surface area contributed by atoms with Gasteiger partial charge in [0.15, 0.2) is 0 Å². The second-order valence-corrected chi connectivity index (χ2v) is 6.59. The Balaban J connectivity index is 4.76. The zero-order valence-electron chi connectivity index (χ0n) is 14.7. The zero-order valence-corrected chi connectivity index (χ0v) is 14.7. The van der Waals surface area contributed by atoms with Gasteiger partial charge in [-0.3, -0.25) is 0 Å². The molecule has 0 saturated heterocycles. The molecule has 0 saturated carbocycles. The molecule has 0 heterocycles. The van der Waals surface area contributed by atoms with E-state index in [0.29, 0.717) is 5.41 Å². The van der Waals surface area contributed by atoms with Crippen LogP contribution in [-0.2, 0) is 0 Å². The topological polar surface area (TPSA) is 0 Å². The molecule has 116 valence electrons. The Morgan fingerprint density at radius 3 is 2.40 bits per heavy atom. The van der Waals surface area contributed by atoms with Gasteiger partial charge >= 0.3 is 0 Å². The fourth-order valence-corrected chi connectivity index (χ4v) is 2.24. The molecule has 0 heteroatoms. The van der Waals surface area contributed by atoms with Crippen molar-refractivity contribution in [2.24, 2.45) is 11.3 Å². The van der Waals surface area contributed by atoms with Crippen molar-refractivity contribution in [1.82, 2.24) is 0 Å². The van der Waals surface area contributed by atoms with E-state index in [1.165, 1.54) is 37.7 Å². The van der Waals surface area contributed by atoms with Gasteiger partial charge in [-0.2, -0.15) is 0 Å². The van der Waals surface area contributed by atoms with Crippen molar-refractivity contribution in [2.45, 2.75) is 80.1 Å². The molecule has 1 unspecified atom stereocenters. The Labute approximate surface area is 128 Å². The summed E-state index contributed by atoms with van der Waals surface area (Å²) in [5.41, 5.74) is 1.82. The van der Waals surface area contributed by atoms with Crippen LogP contribution in [0.3, 0.4) is 0 Å². The molecule has 0 nitrogen and oxygen atoms in total. The average molecular weight is 277 g/mol. The number of allylic oxidation sites excluding steroid dienone is 6. The molecule has 0 spiro atoms. The van der Waals surface area contributed by atoms with Crippen molar-refractivity contribution in [3.8, 4) is 0 Å². The van der Waals surface area contributed by atoms with E-state index in [2.05, 4.69) is 71.9 Å². The van der Waals surface area contributed by atoms with Gasteiger partial charge < -0.3 is 0 Å². The SMILES string of the molecule is CC=CCC=CC(=CCCC)C(C)(C)CCC(C)CC. The summed E-state index contributed by atoms with van der Waals surface area (Å²) in [6, 6.07) is 0. The van der Waals surface area contributed by atoms with Crippen molar-refractivity contribution in [3.05, 3.63) is 36.0 Å². The highest BCUT2D eigenvalue weighted by Crippen LogP contribution is 2.35. The third-order valence-electron chi connectivity index (χ3n) is 4.20. The summed E-state index contributed by atoms with van der Waals surface area (Å²) < 4.78 is 0. The van der Waals surface area contributed by atoms with Gasteiger partial charge in [-0.15, -0.1) is 0 Å². The Hall–Kier alpha value is -0.780. The van der Waals surface area contributed by atoms with Crippen LogP contribution in [0.2, 0.25) is 0 Å². The number of rotatable bonds is 10. The van der Waals surface area contributed by atoms with Gasteiger partial charge in [0.05, 0.1) is 0 Å². The molecule has 0 aromatic heterocycles. The predicted octanol–water partition coefficient (Wildman–Crippen LogP) is 7.09.